The molecule has 1 aromatic heterocycles. The largest absolute Gasteiger partial charge is 0.440 e. The van der Waals surface area contributed by atoms with Gasteiger partial charge >= 0.3 is 0 Å². The van der Waals surface area contributed by atoms with E-state index in [0.29, 0.717) is 11.8 Å². The molecule has 0 atom stereocenters. The van der Waals surface area contributed by atoms with Crippen molar-refractivity contribution in [2.45, 2.75) is 39.5 Å². The van der Waals surface area contributed by atoms with Crippen molar-refractivity contribution in [3.8, 4) is 0 Å². The van der Waals surface area contributed by atoms with Gasteiger partial charge in [-0.2, -0.15) is 0 Å². The second-order valence-corrected chi connectivity index (χ2v) is 19.1. The van der Waals surface area contributed by atoms with Crippen LogP contribution in [0.5, 0.6) is 0 Å². The maximum atomic E-state index is 7.36. The molecule has 0 saturated heterocycles. The van der Waals surface area contributed by atoms with Crippen LogP contribution in [0.4, 0.5) is 34.3 Å². The normalized spacial score (nSPS) is 13.3. The molecule has 3 heterocycles. The van der Waals surface area contributed by atoms with E-state index >= 15 is 0 Å². The van der Waals surface area contributed by atoms with E-state index in [9.17, 15) is 0 Å². The third-order valence-electron chi connectivity index (χ3n) is 15.0. The van der Waals surface area contributed by atoms with Crippen LogP contribution < -0.4 is 26.2 Å². The van der Waals surface area contributed by atoms with E-state index in [-0.39, 0.29) is 6.71 Å². The number of benzene rings is 11. The van der Waals surface area contributed by atoms with E-state index in [1.54, 1.807) is 0 Å². The van der Waals surface area contributed by atoms with Gasteiger partial charge in [0.15, 0.2) is 0 Å². The third kappa shape index (κ3) is 5.04. The Balaban J connectivity index is 1.15. The molecule has 2 aliphatic rings. The minimum Gasteiger partial charge on any atom is -0.440 e. The van der Waals surface area contributed by atoms with E-state index in [1.807, 2.05) is 0 Å². The molecular formula is C62H45BN2O. The second-order valence-electron chi connectivity index (χ2n) is 19.1. The molecule has 0 bridgehead atoms. The summed E-state index contributed by atoms with van der Waals surface area (Å²) < 4.78 is 7.36. The van der Waals surface area contributed by atoms with Gasteiger partial charge in [-0.15, -0.1) is 0 Å². The molecule has 12 aromatic rings. The summed E-state index contributed by atoms with van der Waals surface area (Å²) in [5, 5.41) is 16.2. The van der Waals surface area contributed by atoms with Crippen LogP contribution in [0.1, 0.15) is 50.7 Å². The summed E-state index contributed by atoms with van der Waals surface area (Å²) in [6.07, 6.45) is 0. The Morgan fingerprint density at radius 2 is 0.758 bits per heavy atom. The van der Waals surface area contributed by atoms with Gasteiger partial charge in [-0.3, -0.25) is 4.90 Å². The number of fused-ring (bicyclic) bond motifs is 18. The fourth-order valence-corrected chi connectivity index (χ4v) is 12.0. The van der Waals surface area contributed by atoms with Crippen molar-refractivity contribution in [1.29, 1.82) is 0 Å². The standard InChI is InChI=1S/C62H45BN2O/c1-36(2)38-31-33-57-50(34-38)60-62(66-57)65(54-27-14-25-49-45-19-8-6-17-41(45)43-21-10-12-23-47(43)59(49)54)56-29-15-28-55-61(56)63(60)51-35-39(37(3)4)30-32-52(51)64(55)53-26-13-24-48-44-18-7-5-16-40(44)42-20-9-11-22-46(42)58(48)53/h5-37H,1-4H3. The molecule has 312 valence electrons. The van der Waals surface area contributed by atoms with Crippen LogP contribution in [0.15, 0.2) is 192 Å². The number of furan rings is 1. The van der Waals surface area contributed by atoms with Gasteiger partial charge in [0.25, 0.3) is 6.71 Å². The fourth-order valence-electron chi connectivity index (χ4n) is 12.0. The van der Waals surface area contributed by atoms with Crippen molar-refractivity contribution in [3.05, 3.63) is 199 Å². The molecule has 0 unspecified atom stereocenters. The highest BCUT2D eigenvalue weighted by Crippen LogP contribution is 2.51. The Hall–Kier alpha value is -7.82. The maximum absolute atomic E-state index is 7.36. The third-order valence-corrected chi connectivity index (χ3v) is 15.0. The first-order chi connectivity index (χ1) is 32.4. The Bertz CT molecular complexity index is 3960. The SMILES string of the molecule is CC(C)c1ccc2c(c1)B1c3c(cccc3N(c3cccc4c5ccccc5c5ccccc5c34)c3oc4ccc(C(C)C)cc4c31)N2c1cccc2c3ccccc3c3ccccc3c12. The number of hydrogen-bond acceptors (Lipinski definition) is 3. The molecule has 0 saturated carbocycles. The number of anilines is 6. The van der Waals surface area contributed by atoms with Crippen molar-refractivity contribution in [2.24, 2.45) is 0 Å². The number of rotatable bonds is 4. The minimum absolute atomic E-state index is 0.0869. The molecule has 0 N–H and O–H groups in total. The lowest BCUT2D eigenvalue weighted by atomic mass is 9.33. The zero-order valence-corrected chi connectivity index (χ0v) is 37.4. The fraction of sp³-hybridized carbons (Fsp3) is 0.0968. The summed E-state index contributed by atoms with van der Waals surface area (Å²) in [7, 11) is 0. The lowest BCUT2D eigenvalue weighted by Crippen LogP contribution is -2.61. The van der Waals surface area contributed by atoms with Gasteiger partial charge in [0, 0.05) is 38.7 Å². The van der Waals surface area contributed by atoms with E-state index in [4.69, 9.17) is 4.42 Å². The Kier molecular flexibility index (Phi) is 7.88. The highest BCUT2D eigenvalue weighted by molar-refractivity contribution is 7.01. The molecular weight excluding hydrogens is 800 g/mol. The highest BCUT2D eigenvalue weighted by atomic mass is 16.4. The van der Waals surface area contributed by atoms with Crippen molar-refractivity contribution in [2.75, 3.05) is 9.80 Å². The molecule has 4 heteroatoms. The molecule has 3 nitrogen and oxygen atoms in total. The summed E-state index contributed by atoms with van der Waals surface area (Å²) in [5.41, 5.74) is 13.2. The molecule has 14 rings (SSSR count). The first kappa shape index (κ1) is 37.5. The molecule has 66 heavy (non-hydrogen) atoms. The molecule has 2 aliphatic heterocycles. The topological polar surface area (TPSA) is 19.6 Å². The van der Waals surface area contributed by atoms with Crippen LogP contribution in [0, 0.1) is 0 Å². The molecule has 0 amide bonds. The zero-order chi connectivity index (χ0) is 43.9. The molecule has 0 aliphatic carbocycles. The van der Waals surface area contributed by atoms with Crippen molar-refractivity contribution in [3.63, 3.8) is 0 Å². The van der Waals surface area contributed by atoms with Gasteiger partial charge in [-0.25, -0.2) is 0 Å². The smallest absolute Gasteiger partial charge is 0.257 e. The van der Waals surface area contributed by atoms with Gasteiger partial charge in [0.2, 0.25) is 5.88 Å². The van der Waals surface area contributed by atoms with Gasteiger partial charge in [0.05, 0.1) is 11.4 Å². The second kappa shape index (κ2) is 13.8. The van der Waals surface area contributed by atoms with Crippen LogP contribution >= 0.6 is 0 Å². The van der Waals surface area contributed by atoms with Gasteiger partial charge in [-0.05, 0) is 130 Å². The summed E-state index contributed by atoms with van der Waals surface area (Å²) in [4.78, 5) is 5.07. The van der Waals surface area contributed by atoms with Gasteiger partial charge in [0.1, 0.15) is 5.58 Å². The molecule has 11 aromatic carbocycles. The predicted octanol–water partition coefficient (Wildman–Crippen LogP) is 15.7. The summed E-state index contributed by atoms with van der Waals surface area (Å²) in [5.74, 6) is 1.60. The van der Waals surface area contributed by atoms with Crippen LogP contribution in [-0.4, -0.2) is 6.71 Å². The van der Waals surface area contributed by atoms with Gasteiger partial charge in [-0.1, -0.05) is 173 Å². The predicted molar refractivity (Wildman–Crippen MR) is 283 cm³/mol. The van der Waals surface area contributed by atoms with Crippen LogP contribution in [0.3, 0.4) is 0 Å². The molecule has 0 radical (unpaired) electrons. The quantitative estimate of drug-likeness (QED) is 0.130. The summed E-state index contributed by atoms with van der Waals surface area (Å²) in [6, 6.07) is 70.6. The molecule has 0 fully saturated rings. The first-order valence-corrected chi connectivity index (χ1v) is 23.5. The van der Waals surface area contributed by atoms with Crippen molar-refractivity contribution in [1.82, 2.24) is 0 Å². The first-order valence-electron chi connectivity index (χ1n) is 23.5. The van der Waals surface area contributed by atoms with Crippen LogP contribution in [-0.2, 0) is 0 Å². The number of nitrogens with zero attached hydrogens (tertiary/aromatic N) is 2. The average molecular weight is 845 g/mol. The Morgan fingerprint density at radius 1 is 0.348 bits per heavy atom. The summed E-state index contributed by atoms with van der Waals surface area (Å²) in [6.45, 7) is 9.12. The lowest BCUT2D eigenvalue weighted by molar-refractivity contribution is 0.623. The van der Waals surface area contributed by atoms with Crippen LogP contribution in [0.2, 0.25) is 0 Å². The van der Waals surface area contributed by atoms with Crippen molar-refractivity contribution >= 4 is 133 Å². The Labute approximate surface area is 384 Å². The van der Waals surface area contributed by atoms with Gasteiger partial charge < -0.3 is 9.32 Å². The molecule has 0 spiro atoms. The van der Waals surface area contributed by atoms with Crippen LogP contribution in [0.25, 0.3) is 75.6 Å². The Morgan fingerprint density at radius 3 is 1.29 bits per heavy atom. The van der Waals surface area contributed by atoms with E-state index in [2.05, 4.69) is 226 Å². The highest BCUT2D eigenvalue weighted by Gasteiger charge is 2.47. The monoisotopic (exact) mass is 844 g/mol. The maximum Gasteiger partial charge on any atom is 0.257 e. The zero-order valence-electron chi connectivity index (χ0n) is 37.4. The summed E-state index contributed by atoms with van der Waals surface area (Å²) >= 11 is 0. The minimum atomic E-state index is -0.0869. The van der Waals surface area contributed by atoms with Crippen molar-refractivity contribution < 1.29 is 4.42 Å². The van der Waals surface area contributed by atoms with E-state index in [0.717, 1.165) is 22.8 Å². The van der Waals surface area contributed by atoms with E-state index in [1.165, 1.54) is 115 Å². The lowest BCUT2D eigenvalue weighted by Gasteiger charge is -2.43. The number of hydrogen-bond donors (Lipinski definition) is 0. The van der Waals surface area contributed by atoms with E-state index < -0.39 is 0 Å². The average Bonchev–Trinajstić information content (AvgIpc) is 3.74.